The predicted molar refractivity (Wildman–Crippen MR) is 108 cm³/mol. The van der Waals surface area contributed by atoms with Crippen LogP contribution in [-0.4, -0.2) is 52.0 Å². The summed E-state index contributed by atoms with van der Waals surface area (Å²) in [5, 5.41) is 6.60. The molecule has 1 aromatic carbocycles. The van der Waals surface area contributed by atoms with E-state index in [4.69, 9.17) is 9.47 Å². The maximum atomic E-state index is 13.2. The van der Waals surface area contributed by atoms with Crippen LogP contribution in [-0.2, 0) is 15.9 Å². The van der Waals surface area contributed by atoms with Crippen molar-refractivity contribution < 1.29 is 13.9 Å². The summed E-state index contributed by atoms with van der Waals surface area (Å²) in [6.45, 7) is 9.63. The summed E-state index contributed by atoms with van der Waals surface area (Å²) in [5.74, 6) is 1.29. The molecule has 1 aromatic rings. The van der Waals surface area contributed by atoms with Gasteiger partial charge in [0.2, 0.25) is 0 Å². The fourth-order valence-corrected chi connectivity index (χ4v) is 3.12. The molecule has 0 saturated carbocycles. The van der Waals surface area contributed by atoms with Gasteiger partial charge in [0.25, 0.3) is 0 Å². The average Bonchev–Trinajstić information content (AvgIpc) is 2.67. The Kier molecular flexibility index (Phi) is 10.2. The summed E-state index contributed by atoms with van der Waals surface area (Å²) in [6.07, 6.45) is 3.97. The Hall–Kier alpha value is -1.66. The van der Waals surface area contributed by atoms with E-state index in [1.807, 2.05) is 13.0 Å². The van der Waals surface area contributed by atoms with Crippen LogP contribution in [0.15, 0.2) is 23.2 Å². The van der Waals surface area contributed by atoms with Crippen LogP contribution < -0.4 is 10.6 Å². The highest BCUT2D eigenvalue weighted by Crippen LogP contribution is 2.14. The van der Waals surface area contributed by atoms with E-state index in [1.165, 1.54) is 6.07 Å². The molecule has 0 radical (unpaired) electrons. The molecule has 1 aliphatic rings. The SMILES string of the molecule is CCNC(=NCCCOCC1CCOCC1)NCCc1ccc(F)cc1C. The van der Waals surface area contributed by atoms with Gasteiger partial charge in [0, 0.05) is 46.1 Å². The number of guanidine groups is 1. The van der Waals surface area contributed by atoms with Crippen LogP contribution in [0.2, 0.25) is 0 Å². The first-order valence-electron chi connectivity index (χ1n) is 10.1. The molecule has 0 aromatic heterocycles. The molecule has 27 heavy (non-hydrogen) atoms. The second-order valence-electron chi connectivity index (χ2n) is 6.99. The van der Waals surface area contributed by atoms with Gasteiger partial charge in [-0.15, -0.1) is 0 Å². The second-order valence-corrected chi connectivity index (χ2v) is 6.99. The molecular formula is C21H34FN3O2. The molecule has 1 aliphatic heterocycles. The molecule has 2 N–H and O–H groups in total. The molecule has 6 heteroatoms. The zero-order valence-corrected chi connectivity index (χ0v) is 16.7. The minimum absolute atomic E-state index is 0.182. The molecule has 2 rings (SSSR count). The summed E-state index contributed by atoms with van der Waals surface area (Å²) in [4.78, 5) is 4.60. The van der Waals surface area contributed by atoms with Crippen molar-refractivity contribution in [2.24, 2.45) is 10.9 Å². The number of halogens is 1. The normalized spacial score (nSPS) is 15.7. The third-order valence-electron chi connectivity index (χ3n) is 4.75. The zero-order chi connectivity index (χ0) is 19.3. The lowest BCUT2D eigenvalue weighted by Crippen LogP contribution is -2.38. The van der Waals surface area contributed by atoms with Crippen LogP contribution in [0.4, 0.5) is 4.39 Å². The van der Waals surface area contributed by atoms with E-state index in [1.54, 1.807) is 6.07 Å². The Labute approximate surface area is 162 Å². The number of benzene rings is 1. The van der Waals surface area contributed by atoms with E-state index in [-0.39, 0.29) is 5.82 Å². The first kappa shape index (κ1) is 21.6. The highest BCUT2D eigenvalue weighted by Gasteiger charge is 2.13. The van der Waals surface area contributed by atoms with Crippen molar-refractivity contribution in [1.82, 2.24) is 10.6 Å². The number of aryl methyl sites for hydroxylation is 1. The third-order valence-corrected chi connectivity index (χ3v) is 4.75. The molecular weight excluding hydrogens is 345 g/mol. The van der Waals surface area contributed by atoms with E-state index in [2.05, 4.69) is 22.5 Å². The van der Waals surface area contributed by atoms with Crippen LogP contribution >= 0.6 is 0 Å². The fraction of sp³-hybridized carbons (Fsp3) is 0.667. The van der Waals surface area contributed by atoms with Crippen molar-refractivity contribution in [3.8, 4) is 0 Å². The van der Waals surface area contributed by atoms with Crippen LogP contribution in [0.3, 0.4) is 0 Å². The van der Waals surface area contributed by atoms with Gasteiger partial charge in [0.15, 0.2) is 5.96 Å². The fourth-order valence-electron chi connectivity index (χ4n) is 3.12. The first-order valence-corrected chi connectivity index (χ1v) is 10.1. The summed E-state index contributed by atoms with van der Waals surface area (Å²) in [7, 11) is 0. The Balaban J connectivity index is 1.62. The molecule has 0 aliphatic carbocycles. The maximum Gasteiger partial charge on any atom is 0.191 e. The predicted octanol–water partition coefficient (Wildman–Crippen LogP) is 3.07. The third kappa shape index (κ3) is 8.71. The molecule has 152 valence electrons. The van der Waals surface area contributed by atoms with E-state index < -0.39 is 0 Å². The van der Waals surface area contributed by atoms with Crippen LogP contribution in [0, 0.1) is 18.7 Å². The van der Waals surface area contributed by atoms with Gasteiger partial charge in [0.1, 0.15) is 5.82 Å². The largest absolute Gasteiger partial charge is 0.381 e. The van der Waals surface area contributed by atoms with E-state index in [9.17, 15) is 4.39 Å². The number of hydrogen-bond donors (Lipinski definition) is 2. The second kappa shape index (κ2) is 12.7. The van der Waals surface area contributed by atoms with Crippen LogP contribution in [0.5, 0.6) is 0 Å². The number of aliphatic imine (C=N–C) groups is 1. The summed E-state index contributed by atoms with van der Waals surface area (Å²) in [5.41, 5.74) is 2.14. The highest BCUT2D eigenvalue weighted by atomic mass is 19.1. The van der Waals surface area contributed by atoms with Gasteiger partial charge in [-0.2, -0.15) is 0 Å². The van der Waals surface area contributed by atoms with Crippen LogP contribution in [0.1, 0.15) is 37.3 Å². The average molecular weight is 380 g/mol. The molecule has 0 spiro atoms. The summed E-state index contributed by atoms with van der Waals surface area (Å²) < 4.78 is 24.3. The monoisotopic (exact) mass is 379 g/mol. The van der Waals surface area contributed by atoms with Crippen molar-refractivity contribution in [1.29, 1.82) is 0 Å². The molecule has 0 bridgehead atoms. The molecule has 1 fully saturated rings. The Morgan fingerprint density at radius 2 is 2.11 bits per heavy atom. The van der Waals surface area contributed by atoms with Gasteiger partial charge in [-0.25, -0.2) is 4.39 Å². The summed E-state index contributed by atoms with van der Waals surface area (Å²) in [6, 6.07) is 4.95. The van der Waals surface area contributed by atoms with Crippen molar-refractivity contribution in [3.05, 3.63) is 35.1 Å². The number of nitrogens with one attached hydrogen (secondary N) is 2. The number of rotatable bonds is 10. The molecule has 0 atom stereocenters. The van der Waals surface area contributed by atoms with Gasteiger partial charge < -0.3 is 20.1 Å². The quantitative estimate of drug-likeness (QED) is 0.373. The maximum absolute atomic E-state index is 13.2. The smallest absolute Gasteiger partial charge is 0.191 e. The number of nitrogens with zero attached hydrogens (tertiary/aromatic N) is 1. The summed E-state index contributed by atoms with van der Waals surface area (Å²) >= 11 is 0. The van der Waals surface area contributed by atoms with Gasteiger partial charge in [-0.05, 0) is 68.7 Å². The zero-order valence-electron chi connectivity index (χ0n) is 16.7. The minimum atomic E-state index is -0.182. The van der Waals surface area contributed by atoms with Crippen molar-refractivity contribution in [2.75, 3.05) is 46.1 Å². The van der Waals surface area contributed by atoms with Gasteiger partial charge in [0.05, 0.1) is 0 Å². The molecule has 0 unspecified atom stereocenters. The minimum Gasteiger partial charge on any atom is -0.381 e. The topological polar surface area (TPSA) is 54.9 Å². The van der Waals surface area contributed by atoms with Gasteiger partial charge in [-0.3, -0.25) is 4.99 Å². The first-order chi connectivity index (χ1) is 13.2. The van der Waals surface area contributed by atoms with Gasteiger partial charge >= 0.3 is 0 Å². The van der Waals surface area contributed by atoms with Crippen LogP contribution in [0.25, 0.3) is 0 Å². The Bertz CT molecular complexity index is 575. The lowest BCUT2D eigenvalue weighted by Gasteiger charge is -2.21. The number of ether oxygens (including phenoxy) is 2. The van der Waals surface area contributed by atoms with E-state index >= 15 is 0 Å². The standard InChI is InChI=1S/C21H34FN3O2/c1-3-23-21(25-11-7-19-5-6-20(22)15-17(19)2)24-10-4-12-27-16-18-8-13-26-14-9-18/h5-6,15,18H,3-4,7-14,16H2,1-2H3,(H2,23,24,25). The lowest BCUT2D eigenvalue weighted by atomic mass is 10.0. The van der Waals surface area contributed by atoms with Gasteiger partial charge in [-0.1, -0.05) is 6.07 Å². The van der Waals surface area contributed by atoms with Crippen molar-refractivity contribution >= 4 is 5.96 Å². The molecule has 1 heterocycles. The Morgan fingerprint density at radius 3 is 2.85 bits per heavy atom. The molecule has 1 saturated heterocycles. The van der Waals surface area contributed by atoms with E-state index in [0.717, 1.165) is 88.8 Å². The van der Waals surface area contributed by atoms with E-state index in [0.29, 0.717) is 5.92 Å². The molecule has 0 amide bonds. The lowest BCUT2D eigenvalue weighted by molar-refractivity contribution is 0.0205. The molecule has 5 nitrogen and oxygen atoms in total. The number of hydrogen-bond acceptors (Lipinski definition) is 3. The van der Waals surface area contributed by atoms with Crippen molar-refractivity contribution in [3.63, 3.8) is 0 Å². The highest BCUT2D eigenvalue weighted by molar-refractivity contribution is 5.79. The van der Waals surface area contributed by atoms with Crippen molar-refractivity contribution in [2.45, 2.75) is 39.5 Å². The Morgan fingerprint density at radius 1 is 1.30 bits per heavy atom.